The molecular formula is C19H20BrN5O. The fourth-order valence-corrected chi connectivity index (χ4v) is 3.41. The number of nitrogens with zero attached hydrogens (tertiary/aromatic N) is 3. The quantitative estimate of drug-likeness (QED) is 0.689. The van der Waals surface area contributed by atoms with Gasteiger partial charge in [-0.2, -0.15) is 0 Å². The van der Waals surface area contributed by atoms with Gasteiger partial charge in [-0.1, -0.05) is 28.1 Å². The van der Waals surface area contributed by atoms with Crippen LogP contribution in [0.5, 0.6) is 0 Å². The van der Waals surface area contributed by atoms with Crippen LogP contribution in [0, 0.1) is 0 Å². The molecule has 1 fully saturated rings. The molecule has 2 N–H and O–H groups in total. The molecule has 0 radical (unpaired) electrons. The molecule has 134 valence electrons. The summed E-state index contributed by atoms with van der Waals surface area (Å²) in [5.74, 6) is 0.926. The number of benzene rings is 2. The highest BCUT2D eigenvalue weighted by Gasteiger charge is 2.21. The lowest BCUT2D eigenvalue weighted by Crippen LogP contribution is -2.49. The molecule has 26 heavy (non-hydrogen) atoms. The largest absolute Gasteiger partial charge is 0.340 e. The normalized spacial score (nSPS) is 15.3. The Kier molecular flexibility index (Phi) is 4.90. The Labute approximate surface area is 160 Å². The van der Waals surface area contributed by atoms with Crippen molar-refractivity contribution in [2.75, 3.05) is 42.9 Å². The summed E-state index contributed by atoms with van der Waals surface area (Å²) in [6.45, 7) is 3.79. The third-order valence-corrected chi connectivity index (χ3v) is 5.07. The third-order valence-electron chi connectivity index (χ3n) is 4.54. The van der Waals surface area contributed by atoms with Crippen molar-refractivity contribution in [3.05, 3.63) is 53.0 Å². The molecule has 7 heteroatoms. The number of rotatable bonds is 4. The van der Waals surface area contributed by atoms with Gasteiger partial charge in [-0.3, -0.25) is 9.69 Å². The van der Waals surface area contributed by atoms with Gasteiger partial charge in [-0.15, -0.1) is 0 Å². The van der Waals surface area contributed by atoms with Crippen LogP contribution in [0.3, 0.4) is 0 Å². The molecule has 1 amide bonds. The number of H-pyrrole nitrogens is 1. The highest BCUT2D eigenvalue weighted by atomic mass is 79.9. The van der Waals surface area contributed by atoms with E-state index in [1.165, 1.54) is 0 Å². The smallest absolute Gasteiger partial charge is 0.238 e. The Balaban J connectivity index is 1.30. The number of hydrogen-bond acceptors (Lipinski definition) is 4. The van der Waals surface area contributed by atoms with Gasteiger partial charge in [0.1, 0.15) is 0 Å². The Morgan fingerprint density at radius 2 is 1.81 bits per heavy atom. The zero-order valence-electron chi connectivity index (χ0n) is 14.3. The molecule has 0 unspecified atom stereocenters. The standard InChI is InChI=1S/C19H20BrN5O/c20-14-5-7-15(8-6-14)21-18(26)13-24-9-11-25(12-10-24)19-22-16-3-1-2-4-17(16)23-19/h1-8H,9-13H2,(H,21,26)(H,22,23). The van der Waals surface area contributed by atoms with Crippen molar-refractivity contribution in [1.29, 1.82) is 0 Å². The maximum Gasteiger partial charge on any atom is 0.238 e. The van der Waals surface area contributed by atoms with Gasteiger partial charge >= 0.3 is 0 Å². The van der Waals surface area contributed by atoms with Crippen LogP contribution in [0.2, 0.25) is 0 Å². The van der Waals surface area contributed by atoms with Crippen molar-refractivity contribution in [2.24, 2.45) is 0 Å². The van der Waals surface area contributed by atoms with Gasteiger partial charge in [-0.05, 0) is 36.4 Å². The number of amides is 1. The number of nitrogens with one attached hydrogen (secondary N) is 2. The minimum absolute atomic E-state index is 0.0181. The maximum atomic E-state index is 12.2. The van der Waals surface area contributed by atoms with Crippen molar-refractivity contribution in [3.8, 4) is 0 Å². The second-order valence-corrected chi connectivity index (χ2v) is 7.31. The van der Waals surface area contributed by atoms with Gasteiger partial charge in [0.25, 0.3) is 0 Å². The molecule has 1 saturated heterocycles. The molecule has 0 atom stereocenters. The summed E-state index contributed by atoms with van der Waals surface area (Å²) >= 11 is 3.39. The molecule has 0 bridgehead atoms. The first-order valence-electron chi connectivity index (χ1n) is 8.65. The van der Waals surface area contributed by atoms with Gasteiger partial charge in [0.05, 0.1) is 17.6 Å². The number of carbonyl (C=O) groups is 1. The van der Waals surface area contributed by atoms with E-state index in [4.69, 9.17) is 0 Å². The van der Waals surface area contributed by atoms with Gasteiger partial charge in [0.15, 0.2) is 0 Å². The predicted molar refractivity (Wildman–Crippen MR) is 108 cm³/mol. The highest BCUT2D eigenvalue weighted by Crippen LogP contribution is 2.18. The molecule has 0 spiro atoms. The average molecular weight is 414 g/mol. The van der Waals surface area contributed by atoms with Gasteiger partial charge in [0.2, 0.25) is 11.9 Å². The van der Waals surface area contributed by atoms with E-state index >= 15 is 0 Å². The molecule has 3 aromatic rings. The number of fused-ring (bicyclic) bond motifs is 1. The highest BCUT2D eigenvalue weighted by molar-refractivity contribution is 9.10. The van der Waals surface area contributed by atoms with Crippen LogP contribution < -0.4 is 10.2 Å². The number of halogens is 1. The Morgan fingerprint density at radius 1 is 1.08 bits per heavy atom. The van der Waals surface area contributed by atoms with Crippen molar-refractivity contribution in [3.63, 3.8) is 0 Å². The van der Waals surface area contributed by atoms with E-state index in [9.17, 15) is 4.79 Å². The third kappa shape index (κ3) is 3.89. The molecule has 1 aromatic heterocycles. The molecule has 2 heterocycles. The van der Waals surface area contributed by atoms with E-state index in [-0.39, 0.29) is 5.91 Å². The lowest BCUT2D eigenvalue weighted by molar-refractivity contribution is -0.117. The van der Waals surface area contributed by atoms with Crippen LogP contribution >= 0.6 is 15.9 Å². The zero-order chi connectivity index (χ0) is 17.9. The molecular weight excluding hydrogens is 394 g/mol. The Morgan fingerprint density at radius 3 is 2.54 bits per heavy atom. The lowest BCUT2D eigenvalue weighted by Gasteiger charge is -2.34. The molecule has 1 aliphatic heterocycles. The van der Waals surface area contributed by atoms with Gasteiger partial charge in [0, 0.05) is 36.3 Å². The average Bonchev–Trinajstić information content (AvgIpc) is 3.08. The number of aromatic nitrogens is 2. The Bertz CT molecular complexity index is 867. The second kappa shape index (κ2) is 7.47. The van der Waals surface area contributed by atoms with Crippen LogP contribution in [0.25, 0.3) is 11.0 Å². The Hall–Kier alpha value is -2.38. The molecule has 2 aromatic carbocycles. The van der Waals surface area contributed by atoms with Crippen molar-refractivity contribution in [1.82, 2.24) is 14.9 Å². The minimum atomic E-state index is 0.0181. The van der Waals surface area contributed by atoms with Crippen molar-refractivity contribution >= 4 is 44.5 Å². The van der Waals surface area contributed by atoms with Crippen LogP contribution in [-0.4, -0.2) is 53.5 Å². The van der Waals surface area contributed by atoms with Gasteiger partial charge < -0.3 is 15.2 Å². The fourth-order valence-electron chi connectivity index (χ4n) is 3.14. The van der Waals surface area contributed by atoms with E-state index < -0.39 is 0 Å². The second-order valence-electron chi connectivity index (χ2n) is 6.40. The number of hydrogen-bond donors (Lipinski definition) is 2. The monoisotopic (exact) mass is 413 g/mol. The summed E-state index contributed by atoms with van der Waals surface area (Å²) in [7, 11) is 0. The first-order chi connectivity index (χ1) is 12.7. The summed E-state index contributed by atoms with van der Waals surface area (Å²) < 4.78 is 0.997. The van der Waals surface area contributed by atoms with E-state index in [2.05, 4.69) is 41.0 Å². The topological polar surface area (TPSA) is 64.3 Å². The van der Waals surface area contributed by atoms with Gasteiger partial charge in [-0.25, -0.2) is 4.98 Å². The predicted octanol–water partition coefficient (Wildman–Crippen LogP) is 3.09. The van der Waals surface area contributed by atoms with E-state index in [0.717, 1.165) is 53.3 Å². The van der Waals surface area contributed by atoms with Crippen LogP contribution in [0.4, 0.5) is 11.6 Å². The summed E-state index contributed by atoms with van der Waals surface area (Å²) in [5.41, 5.74) is 2.86. The number of imidazole rings is 1. The molecule has 6 nitrogen and oxygen atoms in total. The summed E-state index contributed by atoms with van der Waals surface area (Å²) in [4.78, 5) is 24.7. The van der Waals surface area contributed by atoms with E-state index in [1.54, 1.807) is 0 Å². The molecule has 4 rings (SSSR count). The van der Waals surface area contributed by atoms with Crippen molar-refractivity contribution in [2.45, 2.75) is 0 Å². The number of piperazine rings is 1. The number of aromatic amines is 1. The molecule has 0 saturated carbocycles. The van der Waals surface area contributed by atoms with E-state index in [1.807, 2.05) is 48.5 Å². The number of anilines is 2. The lowest BCUT2D eigenvalue weighted by atomic mass is 10.3. The molecule has 1 aliphatic rings. The summed E-state index contributed by atoms with van der Waals surface area (Å²) in [6, 6.07) is 15.7. The maximum absolute atomic E-state index is 12.2. The summed E-state index contributed by atoms with van der Waals surface area (Å²) in [5, 5.41) is 2.94. The summed E-state index contributed by atoms with van der Waals surface area (Å²) in [6.07, 6.45) is 0. The first kappa shape index (κ1) is 17.1. The van der Waals surface area contributed by atoms with Crippen LogP contribution in [0.15, 0.2) is 53.0 Å². The number of carbonyl (C=O) groups excluding carboxylic acids is 1. The first-order valence-corrected chi connectivity index (χ1v) is 9.44. The zero-order valence-corrected chi connectivity index (χ0v) is 15.9. The van der Waals surface area contributed by atoms with Crippen LogP contribution in [0.1, 0.15) is 0 Å². The van der Waals surface area contributed by atoms with E-state index in [0.29, 0.717) is 6.54 Å². The number of para-hydroxylation sites is 2. The van der Waals surface area contributed by atoms with Crippen molar-refractivity contribution < 1.29 is 4.79 Å². The minimum Gasteiger partial charge on any atom is -0.340 e. The fraction of sp³-hybridized carbons (Fsp3) is 0.263. The molecule has 0 aliphatic carbocycles. The SMILES string of the molecule is O=C(CN1CCN(c2nc3ccccc3[nH]2)CC1)Nc1ccc(Br)cc1. The van der Waals surface area contributed by atoms with Crippen LogP contribution in [-0.2, 0) is 4.79 Å².